The minimum atomic E-state index is 0.121. The van der Waals surface area contributed by atoms with Gasteiger partial charge in [-0.2, -0.15) is 0 Å². The molecule has 0 aliphatic carbocycles. The molecule has 0 saturated carbocycles. The van der Waals surface area contributed by atoms with Gasteiger partial charge in [-0.15, -0.1) is 0 Å². The van der Waals surface area contributed by atoms with Crippen LogP contribution in [0, 0.1) is 12.3 Å². The van der Waals surface area contributed by atoms with Crippen LogP contribution in [-0.2, 0) is 0 Å². The lowest BCUT2D eigenvalue weighted by molar-refractivity contribution is 1.36. The van der Waals surface area contributed by atoms with Crippen LogP contribution in [-0.4, -0.2) is 12.9 Å². The summed E-state index contributed by atoms with van der Waals surface area (Å²) in [7, 11) is 1.86. The second-order valence-corrected chi connectivity index (χ2v) is 2.69. The van der Waals surface area contributed by atoms with E-state index in [9.17, 15) is 0 Å². The van der Waals surface area contributed by atoms with Crippen molar-refractivity contribution in [1.82, 2.24) is 0 Å². The molecule has 0 heterocycles. The van der Waals surface area contributed by atoms with E-state index in [2.05, 4.69) is 5.32 Å². The van der Waals surface area contributed by atoms with Crippen molar-refractivity contribution in [1.29, 1.82) is 5.41 Å². The highest BCUT2D eigenvalue weighted by Crippen LogP contribution is 2.13. The summed E-state index contributed by atoms with van der Waals surface area (Å²) in [5, 5.41) is 10.3. The van der Waals surface area contributed by atoms with Crippen LogP contribution < -0.4 is 11.1 Å². The van der Waals surface area contributed by atoms with E-state index in [1.165, 1.54) is 0 Å². The molecular weight excluding hydrogens is 150 g/mol. The molecule has 0 radical (unpaired) electrons. The average molecular weight is 163 g/mol. The Hall–Kier alpha value is -1.51. The fraction of sp³-hybridized carbons (Fsp3) is 0.222. The Morgan fingerprint density at radius 1 is 1.50 bits per heavy atom. The standard InChI is InChI=1S/C9H13N3/c1-6-5-7(12-2)3-4-8(6)9(10)11/h3-5,12H,1-2H3,(H3,10,11). The fourth-order valence-corrected chi connectivity index (χ4v) is 1.12. The predicted molar refractivity (Wildman–Crippen MR) is 51.7 cm³/mol. The molecule has 0 spiro atoms. The van der Waals surface area contributed by atoms with Crippen molar-refractivity contribution in [3.05, 3.63) is 29.3 Å². The van der Waals surface area contributed by atoms with Crippen LogP contribution in [0.2, 0.25) is 0 Å². The van der Waals surface area contributed by atoms with Crippen molar-refractivity contribution >= 4 is 11.5 Å². The third-order valence-corrected chi connectivity index (χ3v) is 1.81. The van der Waals surface area contributed by atoms with E-state index in [4.69, 9.17) is 11.1 Å². The van der Waals surface area contributed by atoms with Crippen LogP contribution >= 0.6 is 0 Å². The molecule has 0 aliphatic heterocycles. The Labute approximate surface area is 72.1 Å². The van der Waals surface area contributed by atoms with E-state index in [1.54, 1.807) is 0 Å². The topological polar surface area (TPSA) is 61.9 Å². The van der Waals surface area contributed by atoms with Gasteiger partial charge in [0.1, 0.15) is 5.84 Å². The maximum Gasteiger partial charge on any atom is 0.123 e. The summed E-state index contributed by atoms with van der Waals surface area (Å²) in [5.41, 5.74) is 8.23. The van der Waals surface area contributed by atoms with Crippen molar-refractivity contribution in [2.24, 2.45) is 5.73 Å². The second-order valence-electron chi connectivity index (χ2n) is 2.69. The highest BCUT2D eigenvalue weighted by molar-refractivity contribution is 5.96. The van der Waals surface area contributed by atoms with Crippen LogP contribution in [0.25, 0.3) is 0 Å². The van der Waals surface area contributed by atoms with Crippen molar-refractivity contribution in [3.8, 4) is 0 Å². The van der Waals surface area contributed by atoms with Gasteiger partial charge in [0.05, 0.1) is 0 Å². The Kier molecular flexibility index (Phi) is 2.33. The van der Waals surface area contributed by atoms with Gasteiger partial charge in [0, 0.05) is 18.3 Å². The van der Waals surface area contributed by atoms with Gasteiger partial charge in [-0.05, 0) is 30.7 Å². The third-order valence-electron chi connectivity index (χ3n) is 1.81. The first kappa shape index (κ1) is 8.59. The van der Waals surface area contributed by atoms with E-state index in [-0.39, 0.29) is 5.84 Å². The third kappa shape index (κ3) is 1.56. The lowest BCUT2D eigenvalue weighted by atomic mass is 10.1. The van der Waals surface area contributed by atoms with Crippen molar-refractivity contribution in [2.75, 3.05) is 12.4 Å². The number of anilines is 1. The van der Waals surface area contributed by atoms with Crippen LogP contribution in [0.4, 0.5) is 5.69 Å². The highest BCUT2D eigenvalue weighted by atomic mass is 14.8. The Morgan fingerprint density at radius 3 is 2.58 bits per heavy atom. The molecule has 0 aromatic heterocycles. The van der Waals surface area contributed by atoms with E-state index < -0.39 is 0 Å². The van der Waals surface area contributed by atoms with Crippen molar-refractivity contribution in [2.45, 2.75) is 6.92 Å². The first-order valence-electron chi connectivity index (χ1n) is 3.78. The number of benzene rings is 1. The largest absolute Gasteiger partial charge is 0.388 e. The number of hydrogen-bond acceptors (Lipinski definition) is 2. The molecule has 3 heteroatoms. The molecule has 0 bridgehead atoms. The number of aryl methyl sites for hydroxylation is 1. The lowest BCUT2D eigenvalue weighted by Crippen LogP contribution is -2.12. The molecule has 64 valence electrons. The molecule has 1 aromatic carbocycles. The zero-order valence-corrected chi connectivity index (χ0v) is 7.31. The zero-order valence-electron chi connectivity index (χ0n) is 7.31. The summed E-state index contributed by atoms with van der Waals surface area (Å²) in [5.74, 6) is 0.121. The molecule has 12 heavy (non-hydrogen) atoms. The summed E-state index contributed by atoms with van der Waals surface area (Å²) in [6, 6.07) is 5.73. The van der Waals surface area contributed by atoms with Crippen LogP contribution in [0.3, 0.4) is 0 Å². The van der Waals surface area contributed by atoms with Gasteiger partial charge in [-0.25, -0.2) is 0 Å². The summed E-state index contributed by atoms with van der Waals surface area (Å²) in [4.78, 5) is 0. The molecule has 0 fully saturated rings. The molecular formula is C9H13N3. The zero-order chi connectivity index (χ0) is 9.14. The first-order valence-corrected chi connectivity index (χ1v) is 3.78. The average Bonchev–Trinajstić information content (AvgIpc) is 2.03. The normalized spacial score (nSPS) is 9.50. The maximum absolute atomic E-state index is 7.26. The lowest BCUT2D eigenvalue weighted by Gasteiger charge is -2.05. The number of nitrogen functional groups attached to an aromatic ring is 1. The first-order chi connectivity index (χ1) is 5.65. The molecule has 0 saturated heterocycles. The smallest absolute Gasteiger partial charge is 0.123 e. The number of nitrogens with one attached hydrogen (secondary N) is 2. The van der Waals surface area contributed by atoms with Crippen LogP contribution in [0.15, 0.2) is 18.2 Å². The monoisotopic (exact) mass is 163 g/mol. The van der Waals surface area contributed by atoms with E-state index in [1.807, 2.05) is 32.2 Å². The molecule has 1 aromatic rings. The SMILES string of the molecule is CNc1ccc(C(=N)N)c(C)c1. The fourth-order valence-electron chi connectivity index (χ4n) is 1.12. The Bertz CT molecular complexity index is 305. The molecule has 4 N–H and O–H groups in total. The van der Waals surface area contributed by atoms with Gasteiger partial charge in [-0.3, -0.25) is 5.41 Å². The van der Waals surface area contributed by atoms with Gasteiger partial charge in [0.2, 0.25) is 0 Å². The number of hydrogen-bond donors (Lipinski definition) is 3. The van der Waals surface area contributed by atoms with Gasteiger partial charge in [0.15, 0.2) is 0 Å². The van der Waals surface area contributed by atoms with Crippen molar-refractivity contribution < 1.29 is 0 Å². The molecule has 0 aliphatic rings. The minimum Gasteiger partial charge on any atom is -0.388 e. The van der Waals surface area contributed by atoms with E-state index in [0.717, 1.165) is 16.8 Å². The molecule has 3 nitrogen and oxygen atoms in total. The summed E-state index contributed by atoms with van der Waals surface area (Å²) in [6.07, 6.45) is 0. The molecule has 1 rings (SSSR count). The Morgan fingerprint density at radius 2 is 2.17 bits per heavy atom. The highest BCUT2D eigenvalue weighted by Gasteiger charge is 2.00. The van der Waals surface area contributed by atoms with Gasteiger partial charge in [0.25, 0.3) is 0 Å². The minimum absolute atomic E-state index is 0.121. The number of rotatable bonds is 2. The number of amidine groups is 1. The molecule has 0 unspecified atom stereocenters. The van der Waals surface area contributed by atoms with Gasteiger partial charge < -0.3 is 11.1 Å². The van der Waals surface area contributed by atoms with Crippen LogP contribution in [0.1, 0.15) is 11.1 Å². The van der Waals surface area contributed by atoms with E-state index in [0.29, 0.717) is 0 Å². The van der Waals surface area contributed by atoms with Gasteiger partial charge >= 0.3 is 0 Å². The Balaban J connectivity index is 3.12. The summed E-state index contributed by atoms with van der Waals surface area (Å²) in [6.45, 7) is 1.94. The maximum atomic E-state index is 7.26. The summed E-state index contributed by atoms with van der Waals surface area (Å²) < 4.78 is 0. The van der Waals surface area contributed by atoms with E-state index >= 15 is 0 Å². The van der Waals surface area contributed by atoms with Gasteiger partial charge in [-0.1, -0.05) is 0 Å². The molecule has 0 atom stereocenters. The second kappa shape index (κ2) is 3.26. The molecule has 0 amide bonds. The predicted octanol–water partition coefficient (Wildman–Crippen LogP) is 1.32. The van der Waals surface area contributed by atoms with Crippen molar-refractivity contribution in [3.63, 3.8) is 0 Å². The summed E-state index contributed by atoms with van der Waals surface area (Å²) >= 11 is 0. The quantitative estimate of drug-likeness (QED) is 0.455. The van der Waals surface area contributed by atoms with Crippen LogP contribution in [0.5, 0.6) is 0 Å². The number of nitrogens with two attached hydrogens (primary N) is 1.